The van der Waals surface area contributed by atoms with Gasteiger partial charge in [-0.1, -0.05) is 24.3 Å². The molecule has 0 aliphatic carbocycles. The summed E-state index contributed by atoms with van der Waals surface area (Å²) >= 11 is 1.23. The molecule has 3 amide bonds. The van der Waals surface area contributed by atoms with Crippen LogP contribution in [0.5, 0.6) is 5.75 Å². The van der Waals surface area contributed by atoms with Crippen LogP contribution in [0, 0.1) is 5.82 Å². The van der Waals surface area contributed by atoms with Crippen molar-refractivity contribution in [3.63, 3.8) is 0 Å². The lowest BCUT2D eigenvalue weighted by molar-refractivity contribution is 0.102. The standard InChI is InChI=1S/C25H20FN3O3S/c26-20-7-4-8-21-22(20)19(15-32-18-5-2-1-3-6-18)23(33-21)24(30)28-16-9-11-17(12-10-16)29-14-13-27-25(29)31/h1-12H,13-15H2,(H,27,31)(H,28,30). The molecule has 0 atom stereocenters. The van der Waals surface area contributed by atoms with Crippen molar-refractivity contribution in [2.24, 2.45) is 0 Å². The Bertz CT molecular complexity index is 1320. The number of nitrogens with zero attached hydrogens (tertiary/aromatic N) is 1. The predicted octanol–water partition coefficient (Wildman–Crippen LogP) is 5.40. The van der Waals surface area contributed by atoms with E-state index in [4.69, 9.17) is 4.74 Å². The Morgan fingerprint density at radius 1 is 1.06 bits per heavy atom. The number of ether oxygens (including phenoxy) is 1. The highest BCUT2D eigenvalue weighted by Gasteiger charge is 2.23. The first kappa shape index (κ1) is 21.0. The fourth-order valence-electron chi connectivity index (χ4n) is 3.79. The average molecular weight is 462 g/mol. The zero-order valence-corrected chi connectivity index (χ0v) is 18.3. The van der Waals surface area contributed by atoms with E-state index in [9.17, 15) is 14.0 Å². The summed E-state index contributed by atoms with van der Waals surface area (Å²) in [5.74, 6) is -0.0854. The van der Waals surface area contributed by atoms with E-state index in [1.54, 1.807) is 41.3 Å². The second-order valence-corrected chi connectivity index (χ2v) is 8.56. The second-order valence-electron chi connectivity index (χ2n) is 7.51. The van der Waals surface area contributed by atoms with Gasteiger partial charge in [-0.25, -0.2) is 9.18 Å². The van der Waals surface area contributed by atoms with Gasteiger partial charge in [0.25, 0.3) is 5.91 Å². The Balaban J connectivity index is 1.40. The van der Waals surface area contributed by atoms with Crippen molar-refractivity contribution in [2.45, 2.75) is 6.61 Å². The maximum absolute atomic E-state index is 14.7. The molecule has 8 heteroatoms. The topological polar surface area (TPSA) is 70.7 Å². The number of benzene rings is 3. The number of amides is 3. The number of anilines is 2. The molecule has 1 aliphatic rings. The average Bonchev–Trinajstić information content (AvgIpc) is 3.43. The van der Waals surface area contributed by atoms with Gasteiger partial charge in [0.15, 0.2) is 0 Å². The minimum Gasteiger partial charge on any atom is -0.489 e. The Morgan fingerprint density at radius 2 is 1.85 bits per heavy atom. The summed E-state index contributed by atoms with van der Waals surface area (Å²) in [6, 6.07) is 20.9. The van der Waals surface area contributed by atoms with Crippen LogP contribution in [0.25, 0.3) is 10.1 Å². The molecule has 0 saturated carbocycles. The first-order valence-electron chi connectivity index (χ1n) is 10.4. The Kier molecular flexibility index (Phi) is 5.66. The van der Waals surface area contributed by atoms with Gasteiger partial charge in [-0.15, -0.1) is 11.3 Å². The van der Waals surface area contributed by atoms with E-state index in [1.165, 1.54) is 17.4 Å². The number of carbonyl (C=O) groups excluding carboxylic acids is 2. The Morgan fingerprint density at radius 3 is 2.58 bits per heavy atom. The smallest absolute Gasteiger partial charge is 0.321 e. The monoisotopic (exact) mass is 461 g/mol. The highest BCUT2D eigenvalue weighted by Crippen LogP contribution is 2.35. The summed E-state index contributed by atoms with van der Waals surface area (Å²) in [5, 5.41) is 6.04. The van der Waals surface area contributed by atoms with Gasteiger partial charge in [-0.3, -0.25) is 9.69 Å². The third kappa shape index (κ3) is 4.25. The van der Waals surface area contributed by atoms with Gasteiger partial charge >= 0.3 is 6.03 Å². The zero-order valence-electron chi connectivity index (χ0n) is 17.5. The molecule has 0 unspecified atom stereocenters. The summed E-state index contributed by atoms with van der Waals surface area (Å²) in [7, 11) is 0. The molecule has 4 aromatic rings. The van der Waals surface area contributed by atoms with Crippen molar-refractivity contribution in [3.8, 4) is 5.75 Å². The summed E-state index contributed by atoms with van der Waals surface area (Å²) < 4.78 is 21.2. The summed E-state index contributed by atoms with van der Waals surface area (Å²) in [6.07, 6.45) is 0. The number of thiophene rings is 1. The molecule has 3 aromatic carbocycles. The molecule has 5 rings (SSSR count). The summed E-state index contributed by atoms with van der Waals surface area (Å²) in [6.45, 7) is 1.27. The van der Waals surface area contributed by atoms with Crippen LogP contribution in [-0.2, 0) is 6.61 Å². The molecule has 1 saturated heterocycles. The van der Waals surface area contributed by atoms with Crippen LogP contribution in [0.1, 0.15) is 15.2 Å². The van der Waals surface area contributed by atoms with E-state index >= 15 is 0 Å². The van der Waals surface area contributed by atoms with Crippen LogP contribution >= 0.6 is 11.3 Å². The molecular formula is C25H20FN3O3S. The van der Waals surface area contributed by atoms with Crippen molar-refractivity contribution in [3.05, 3.63) is 89.1 Å². The van der Waals surface area contributed by atoms with Crippen LogP contribution in [0.2, 0.25) is 0 Å². The molecule has 166 valence electrons. The maximum Gasteiger partial charge on any atom is 0.321 e. The molecule has 1 fully saturated rings. The SMILES string of the molecule is O=C(Nc1ccc(N2CCNC2=O)cc1)c1sc2cccc(F)c2c1COc1ccccc1. The van der Waals surface area contributed by atoms with E-state index in [2.05, 4.69) is 10.6 Å². The largest absolute Gasteiger partial charge is 0.489 e. The van der Waals surface area contributed by atoms with Crippen LogP contribution in [0.3, 0.4) is 0 Å². The number of halogens is 1. The van der Waals surface area contributed by atoms with Crippen LogP contribution in [0.4, 0.5) is 20.6 Å². The normalized spacial score (nSPS) is 13.2. The van der Waals surface area contributed by atoms with Gasteiger partial charge in [0.1, 0.15) is 23.1 Å². The van der Waals surface area contributed by atoms with E-state index in [-0.39, 0.29) is 24.4 Å². The third-order valence-electron chi connectivity index (χ3n) is 5.39. The van der Waals surface area contributed by atoms with Gasteiger partial charge in [-0.05, 0) is 48.5 Å². The number of nitrogens with one attached hydrogen (secondary N) is 2. The molecule has 0 spiro atoms. The number of carbonyl (C=O) groups is 2. The highest BCUT2D eigenvalue weighted by atomic mass is 32.1. The first-order valence-corrected chi connectivity index (χ1v) is 11.3. The molecule has 1 aromatic heterocycles. The molecule has 0 bridgehead atoms. The van der Waals surface area contributed by atoms with Crippen LogP contribution < -0.4 is 20.3 Å². The van der Waals surface area contributed by atoms with Crippen molar-refractivity contribution in [2.75, 3.05) is 23.3 Å². The molecule has 33 heavy (non-hydrogen) atoms. The predicted molar refractivity (Wildman–Crippen MR) is 128 cm³/mol. The third-order valence-corrected chi connectivity index (χ3v) is 6.59. The number of hydrogen-bond acceptors (Lipinski definition) is 4. The van der Waals surface area contributed by atoms with Crippen LogP contribution in [0.15, 0.2) is 72.8 Å². The maximum atomic E-state index is 14.7. The van der Waals surface area contributed by atoms with Gasteiger partial charge in [0, 0.05) is 40.1 Å². The summed E-state index contributed by atoms with van der Waals surface area (Å²) in [5.41, 5.74) is 1.85. The zero-order chi connectivity index (χ0) is 22.8. The van der Waals surface area contributed by atoms with E-state index in [0.717, 1.165) is 5.69 Å². The fraction of sp³-hybridized carbons (Fsp3) is 0.120. The van der Waals surface area contributed by atoms with Gasteiger partial charge < -0.3 is 15.4 Å². The van der Waals surface area contributed by atoms with Crippen molar-refractivity contribution >= 4 is 44.7 Å². The minimum absolute atomic E-state index is 0.0662. The fourth-order valence-corrected chi connectivity index (χ4v) is 4.91. The van der Waals surface area contributed by atoms with E-state index in [1.807, 2.05) is 30.3 Å². The molecule has 0 radical (unpaired) electrons. The van der Waals surface area contributed by atoms with Gasteiger partial charge in [-0.2, -0.15) is 0 Å². The number of urea groups is 1. The van der Waals surface area contributed by atoms with E-state index < -0.39 is 0 Å². The van der Waals surface area contributed by atoms with Gasteiger partial charge in [0.2, 0.25) is 0 Å². The lowest BCUT2D eigenvalue weighted by atomic mass is 10.1. The molecule has 1 aliphatic heterocycles. The Labute approximate surface area is 193 Å². The van der Waals surface area contributed by atoms with Crippen LogP contribution in [-0.4, -0.2) is 25.0 Å². The molecule has 6 nitrogen and oxygen atoms in total. The number of rotatable bonds is 6. The Hall–Kier alpha value is -3.91. The molecule has 2 N–H and O–H groups in total. The summed E-state index contributed by atoms with van der Waals surface area (Å²) in [4.78, 5) is 27.0. The minimum atomic E-state index is -0.386. The quantitative estimate of drug-likeness (QED) is 0.404. The van der Waals surface area contributed by atoms with Crippen molar-refractivity contribution in [1.82, 2.24) is 5.32 Å². The lowest BCUT2D eigenvalue weighted by Crippen LogP contribution is -2.27. The van der Waals surface area contributed by atoms with Crippen molar-refractivity contribution < 1.29 is 18.7 Å². The second kappa shape index (κ2) is 8.91. The molecular weight excluding hydrogens is 441 g/mol. The van der Waals surface area contributed by atoms with Gasteiger partial charge in [0.05, 0.1) is 0 Å². The number of para-hydroxylation sites is 1. The number of hydrogen-bond donors (Lipinski definition) is 2. The lowest BCUT2D eigenvalue weighted by Gasteiger charge is -2.15. The first-order chi connectivity index (χ1) is 16.1. The van der Waals surface area contributed by atoms with E-state index in [0.29, 0.717) is 45.1 Å². The van der Waals surface area contributed by atoms with Crippen molar-refractivity contribution in [1.29, 1.82) is 0 Å². The highest BCUT2D eigenvalue weighted by molar-refractivity contribution is 7.21. The molecule has 2 heterocycles. The number of fused-ring (bicyclic) bond motifs is 1.